The summed E-state index contributed by atoms with van der Waals surface area (Å²) < 4.78 is 0. The molecular formula is C11H22O. The van der Waals surface area contributed by atoms with E-state index in [4.69, 9.17) is 0 Å². The maximum absolute atomic E-state index is 11.3. The summed E-state index contributed by atoms with van der Waals surface area (Å²) in [6, 6.07) is 0. The van der Waals surface area contributed by atoms with Crippen molar-refractivity contribution in [2.45, 2.75) is 54.4 Å². The molecule has 0 saturated heterocycles. The third kappa shape index (κ3) is 2.96. The molecule has 0 spiro atoms. The molecule has 0 atom stereocenters. The summed E-state index contributed by atoms with van der Waals surface area (Å²) >= 11 is 0. The summed E-state index contributed by atoms with van der Waals surface area (Å²) in [6.07, 6.45) is 1.37. The van der Waals surface area contributed by atoms with Crippen molar-refractivity contribution in [3.8, 4) is 0 Å². The molecule has 0 aliphatic rings. The lowest BCUT2D eigenvalue weighted by Gasteiger charge is -2.38. The Balaban J connectivity index is 4.33. The van der Waals surface area contributed by atoms with Gasteiger partial charge in [0, 0.05) is 12.8 Å². The van der Waals surface area contributed by atoms with E-state index >= 15 is 0 Å². The van der Waals surface area contributed by atoms with E-state index in [1.807, 2.05) is 6.92 Å². The van der Waals surface area contributed by atoms with Gasteiger partial charge in [0.15, 0.2) is 0 Å². The van der Waals surface area contributed by atoms with Crippen molar-refractivity contribution in [3.05, 3.63) is 0 Å². The Hall–Kier alpha value is -0.330. The molecule has 1 nitrogen and oxygen atoms in total. The lowest BCUT2D eigenvalue weighted by molar-refractivity contribution is -0.122. The largest absolute Gasteiger partial charge is 0.300 e. The minimum absolute atomic E-state index is 0.111. The van der Waals surface area contributed by atoms with Crippen LogP contribution >= 0.6 is 0 Å². The minimum atomic E-state index is 0.111. The van der Waals surface area contributed by atoms with Gasteiger partial charge < -0.3 is 0 Å². The number of hydrogen-bond acceptors (Lipinski definition) is 1. The topological polar surface area (TPSA) is 17.1 Å². The van der Waals surface area contributed by atoms with Crippen molar-refractivity contribution in [1.29, 1.82) is 0 Å². The Labute approximate surface area is 76.6 Å². The molecule has 0 amide bonds. The highest BCUT2D eigenvalue weighted by molar-refractivity contribution is 5.78. The molecule has 0 aromatic heterocycles. The SMILES string of the molecule is CCC(=O)CC(C)(C)C(C)(C)C. The lowest BCUT2D eigenvalue weighted by Crippen LogP contribution is -2.31. The van der Waals surface area contributed by atoms with Gasteiger partial charge in [-0.1, -0.05) is 41.5 Å². The van der Waals surface area contributed by atoms with E-state index in [1.54, 1.807) is 0 Å². The Morgan fingerprint density at radius 2 is 1.50 bits per heavy atom. The van der Waals surface area contributed by atoms with E-state index in [2.05, 4.69) is 34.6 Å². The zero-order chi connectivity index (χ0) is 9.99. The fraction of sp³-hybridized carbons (Fsp3) is 0.909. The van der Waals surface area contributed by atoms with Gasteiger partial charge in [-0.2, -0.15) is 0 Å². The van der Waals surface area contributed by atoms with Crippen LogP contribution in [0.2, 0.25) is 0 Å². The average Bonchev–Trinajstić information content (AvgIpc) is 1.84. The van der Waals surface area contributed by atoms with Crippen LogP contribution in [-0.4, -0.2) is 5.78 Å². The molecule has 0 radical (unpaired) electrons. The maximum Gasteiger partial charge on any atom is 0.133 e. The Morgan fingerprint density at radius 1 is 1.08 bits per heavy atom. The fourth-order valence-corrected chi connectivity index (χ4v) is 0.883. The molecular weight excluding hydrogens is 148 g/mol. The van der Waals surface area contributed by atoms with Crippen molar-refractivity contribution in [2.24, 2.45) is 10.8 Å². The summed E-state index contributed by atoms with van der Waals surface area (Å²) in [5.74, 6) is 0.370. The van der Waals surface area contributed by atoms with Crippen molar-refractivity contribution in [3.63, 3.8) is 0 Å². The Morgan fingerprint density at radius 3 is 1.75 bits per heavy atom. The molecule has 0 fully saturated rings. The molecule has 0 aromatic rings. The molecule has 0 saturated carbocycles. The first-order chi connectivity index (χ1) is 5.20. The number of ketones is 1. The highest BCUT2D eigenvalue weighted by atomic mass is 16.1. The van der Waals surface area contributed by atoms with Crippen LogP contribution in [0, 0.1) is 10.8 Å². The van der Waals surface area contributed by atoms with E-state index < -0.39 is 0 Å². The van der Waals surface area contributed by atoms with Crippen molar-refractivity contribution in [2.75, 3.05) is 0 Å². The van der Waals surface area contributed by atoms with Gasteiger partial charge in [-0.05, 0) is 10.8 Å². The number of hydrogen-bond donors (Lipinski definition) is 0. The predicted octanol–water partition coefficient (Wildman–Crippen LogP) is 3.43. The van der Waals surface area contributed by atoms with Crippen molar-refractivity contribution >= 4 is 5.78 Å². The van der Waals surface area contributed by atoms with Gasteiger partial charge in [0.25, 0.3) is 0 Å². The summed E-state index contributed by atoms with van der Waals surface area (Å²) in [5, 5.41) is 0. The van der Waals surface area contributed by atoms with Crippen LogP contribution < -0.4 is 0 Å². The number of rotatable bonds is 3. The molecule has 0 rings (SSSR count). The summed E-state index contributed by atoms with van der Waals surface area (Å²) in [4.78, 5) is 11.3. The van der Waals surface area contributed by atoms with Gasteiger partial charge in [0.2, 0.25) is 0 Å². The third-order valence-corrected chi connectivity index (χ3v) is 3.06. The van der Waals surface area contributed by atoms with Gasteiger partial charge in [-0.3, -0.25) is 4.79 Å². The third-order valence-electron chi connectivity index (χ3n) is 3.06. The molecule has 0 N–H and O–H groups in total. The highest BCUT2D eigenvalue weighted by Crippen LogP contribution is 2.40. The van der Waals surface area contributed by atoms with E-state index in [-0.39, 0.29) is 10.8 Å². The van der Waals surface area contributed by atoms with Crippen molar-refractivity contribution in [1.82, 2.24) is 0 Å². The zero-order valence-corrected chi connectivity index (χ0v) is 9.32. The second kappa shape index (κ2) is 3.59. The lowest BCUT2D eigenvalue weighted by atomic mass is 9.66. The molecule has 0 aliphatic heterocycles. The van der Waals surface area contributed by atoms with Crippen molar-refractivity contribution < 1.29 is 4.79 Å². The predicted molar refractivity (Wildman–Crippen MR) is 53.2 cm³/mol. The molecule has 0 unspecified atom stereocenters. The highest BCUT2D eigenvalue weighted by Gasteiger charge is 2.33. The van der Waals surface area contributed by atoms with Crippen LogP contribution in [0.25, 0.3) is 0 Å². The van der Waals surface area contributed by atoms with Crippen LogP contribution in [0.4, 0.5) is 0 Å². The van der Waals surface area contributed by atoms with Crippen LogP contribution in [0.3, 0.4) is 0 Å². The summed E-state index contributed by atoms with van der Waals surface area (Å²) in [6.45, 7) is 12.8. The molecule has 72 valence electrons. The monoisotopic (exact) mass is 170 g/mol. The minimum Gasteiger partial charge on any atom is -0.300 e. The first-order valence-corrected chi connectivity index (χ1v) is 4.72. The molecule has 0 aliphatic carbocycles. The molecule has 0 aromatic carbocycles. The fourth-order valence-electron chi connectivity index (χ4n) is 0.883. The number of carbonyl (C=O) groups is 1. The van der Waals surface area contributed by atoms with Gasteiger partial charge in [-0.15, -0.1) is 0 Å². The van der Waals surface area contributed by atoms with Crippen LogP contribution in [-0.2, 0) is 4.79 Å². The molecule has 12 heavy (non-hydrogen) atoms. The van der Waals surface area contributed by atoms with Crippen LogP contribution in [0.15, 0.2) is 0 Å². The Kier molecular flexibility index (Phi) is 3.49. The van der Waals surface area contributed by atoms with E-state index in [1.165, 1.54) is 0 Å². The number of Topliss-reactive ketones (excluding diaryl/α,β-unsaturated/α-hetero) is 1. The van der Waals surface area contributed by atoms with Crippen LogP contribution in [0.5, 0.6) is 0 Å². The average molecular weight is 170 g/mol. The number of carbonyl (C=O) groups excluding carboxylic acids is 1. The zero-order valence-electron chi connectivity index (χ0n) is 9.32. The second-order valence-corrected chi connectivity index (χ2v) is 5.20. The first kappa shape index (κ1) is 11.7. The van der Waals surface area contributed by atoms with E-state index in [0.717, 1.165) is 0 Å². The second-order valence-electron chi connectivity index (χ2n) is 5.20. The van der Waals surface area contributed by atoms with Gasteiger partial charge in [-0.25, -0.2) is 0 Å². The standard InChI is InChI=1S/C11H22O/c1-7-9(12)8-11(5,6)10(2,3)4/h7-8H2,1-6H3. The summed E-state index contributed by atoms with van der Waals surface area (Å²) in [7, 11) is 0. The smallest absolute Gasteiger partial charge is 0.133 e. The van der Waals surface area contributed by atoms with E-state index in [9.17, 15) is 4.79 Å². The van der Waals surface area contributed by atoms with Gasteiger partial charge >= 0.3 is 0 Å². The van der Waals surface area contributed by atoms with E-state index in [0.29, 0.717) is 18.6 Å². The van der Waals surface area contributed by atoms with Gasteiger partial charge in [0.05, 0.1) is 0 Å². The molecule has 0 bridgehead atoms. The molecule has 1 heteroatoms. The maximum atomic E-state index is 11.3. The van der Waals surface area contributed by atoms with Gasteiger partial charge in [0.1, 0.15) is 5.78 Å². The normalized spacial score (nSPS) is 13.2. The Bertz CT molecular complexity index is 160. The first-order valence-electron chi connectivity index (χ1n) is 4.72. The quantitative estimate of drug-likeness (QED) is 0.634. The van der Waals surface area contributed by atoms with Crippen LogP contribution in [0.1, 0.15) is 54.4 Å². The summed E-state index contributed by atoms with van der Waals surface area (Å²) in [5.41, 5.74) is 0.317. The molecule has 0 heterocycles.